The molecule has 0 bridgehead atoms. The van der Waals surface area contributed by atoms with Gasteiger partial charge in [-0.1, -0.05) is 18.2 Å². The molecule has 0 saturated carbocycles. The monoisotopic (exact) mass is 499 g/mol. The second-order valence-electron chi connectivity index (χ2n) is 8.88. The van der Waals surface area contributed by atoms with Crippen LogP contribution in [-0.2, 0) is 16.0 Å². The van der Waals surface area contributed by atoms with E-state index in [1.165, 1.54) is 4.90 Å². The number of ether oxygens (including phenoxy) is 3. The lowest BCUT2D eigenvalue weighted by Gasteiger charge is -2.26. The predicted octanol–water partition coefficient (Wildman–Crippen LogP) is 5.44. The lowest BCUT2D eigenvalue weighted by atomic mass is 9.93. The van der Waals surface area contributed by atoms with Crippen LogP contribution in [0.15, 0.2) is 72.3 Å². The van der Waals surface area contributed by atoms with Crippen LogP contribution in [0.4, 0.5) is 5.69 Å². The van der Waals surface area contributed by atoms with E-state index in [4.69, 9.17) is 14.2 Å². The average molecular weight is 500 g/mol. The van der Waals surface area contributed by atoms with E-state index in [0.717, 1.165) is 24.2 Å². The summed E-state index contributed by atoms with van der Waals surface area (Å²) in [5.74, 6) is 0.369. The Hall–Kier alpha value is -4.26. The van der Waals surface area contributed by atoms with Gasteiger partial charge in [0, 0.05) is 17.3 Å². The number of hydrogen-bond donors (Lipinski definition) is 1. The summed E-state index contributed by atoms with van der Waals surface area (Å²) in [5, 5.41) is 11.5. The molecule has 2 aliphatic rings. The van der Waals surface area contributed by atoms with Gasteiger partial charge in [-0.05, 0) is 80.3 Å². The number of benzene rings is 3. The van der Waals surface area contributed by atoms with Crippen molar-refractivity contribution in [3.05, 3.63) is 89.0 Å². The first-order valence-electron chi connectivity index (χ1n) is 12.5. The van der Waals surface area contributed by atoms with Crippen LogP contribution in [0.2, 0.25) is 0 Å². The summed E-state index contributed by atoms with van der Waals surface area (Å²) < 4.78 is 16.9. The number of Topliss-reactive ketones (excluding diaryl/α,β-unsaturated/α-hetero) is 1. The number of aliphatic hydroxyl groups is 1. The molecule has 0 spiro atoms. The fourth-order valence-corrected chi connectivity index (χ4v) is 4.88. The molecule has 1 amide bonds. The maximum absolute atomic E-state index is 13.5. The smallest absolute Gasteiger partial charge is 0.300 e. The molecule has 1 N–H and O–H groups in total. The minimum Gasteiger partial charge on any atom is -0.507 e. The Balaban J connectivity index is 1.65. The van der Waals surface area contributed by atoms with Gasteiger partial charge in [-0.25, -0.2) is 0 Å². The lowest BCUT2D eigenvalue weighted by Crippen LogP contribution is -2.29. The number of ketones is 1. The predicted molar refractivity (Wildman–Crippen MR) is 140 cm³/mol. The van der Waals surface area contributed by atoms with Crippen molar-refractivity contribution in [2.24, 2.45) is 0 Å². The van der Waals surface area contributed by atoms with Crippen molar-refractivity contribution in [3.8, 4) is 17.2 Å². The van der Waals surface area contributed by atoms with Crippen molar-refractivity contribution in [2.45, 2.75) is 32.7 Å². The molecule has 0 radical (unpaired) electrons. The van der Waals surface area contributed by atoms with Crippen LogP contribution < -0.4 is 19.1 Å². The number of aliphatic hydroxyl groups excluding tert-OH is 1. The molecule has 2 heterocycles. The molecular weight excluding hydrogens is 470 g/mol. The zero-order valence-corrected chi connectivity index (χ0v) is 20.9. The van der Waals surface area contributed by atoms with Crippen molar-refractivity contribution in [2.75, 3.05) is 24.7 Å². The molecule has 1 atom stereocenters. The largest absolute Gasteiger partial charge is 0.507 e. The molecule has 0 aromatic heterocycles. The second kappa shape index (κ2) is 10.4. The number of carbonyl (C=O) groups is 2. The van der Waals surface area contributed by atoms with Crippen LogP contribution in [0.5, 0.6) is 17.2 Å². The highest BCUT2D eigenvalue weighted by molar-refractivity contribution is 6.51. The third-order valence-electron chi connectivity index (χ3n) is 6.54. The van der Waals surface area contributed by atoms with Crippen molar-refractivity contribution in [1.82, 2.24) is 0 Å². The standard InChI is InChI=1S/C30H29NO6/c1-3-35-23-13-10-19(11-14-23)27-26(28(32)21-12-15-25-20(17-21)7-6-16-37-25)29(33)30(34)31(27)22-8-5-9-24(18-22)36-4-2/h5,8-15,17-18,27,32H,3-4,6-7,16H2,1-2H3/b28-26-. The van der Waals surface area contributed by atoms with Crippen LogP contribution in [0.3, 0.4) is 0 Å². The highest BCUT2D eigenvalue weighted by atomic mass is 16.5. The highest BCUT2D eigenvalue weighted by Crippen LogP contribution is 2.43. The van der Waals surface area contributed by atoms with Crippen molar-refractivity contribution >= 4 is 23.1 Å². The minimum absolute atomic E-state index is 0.0349. The SMILES string of the molecule is CCOc1ccc(C2/C(=C(/O)c3ccc4c(c3)CCCO4)C(=O)C(=O)N2c2cccc(OCC)c2)cc1. The Morgan fingerprint density at radius 1 is 0.973 bits per heavy atom. The fraction of sp³-hybridized carbons (Fsp3) is 0.267. The van der Waals surface area contributed by atoms with E-state index in [2.05, 4.69) is 0 Å². The first kappa shape index (κ1) is 24.4. The van der Waals surface area contributed by atoms with E-state index in [1.54, 1.807) is 48.5 Å². The topological polar surface area (TPSA) is 85.3 Å². The fourth-order valence-electron chi connectivity index (χ4n) is 4.88. The summed E-state index contributed by atoms with van der Waals surface area (Å²) in [4.78, 5) is 28.3. The van der Waals surface area contributed by atoms with Crippen molar-refractivity contribution < 1.29 is 28.9 Å². The molecule has 7 heteroatoms. The zero-order valence-electron chi connectivity index (χ0n) is 20.9. The normalized spacial score (nSPS) is 18.3. The third-order valence-corrected chi connectivity index (χ3v) is 6.54. The van der Waals surface area contributed by atoms with Gasteiger partial charge in [0.15, 0.2) is 0 Å². The number of fused-ring (bicyclic) bond motifs is 1. The van der Waals surface area contributed by atoms with Gasteiger partial charge >= 0.3 is 0 Å². The molecule has 0 aliphatic carbocycles. The molecule has 3 aromatic rings. The Morgan fingerprint density at radius 2 is 1.73 bits per heavy atom. The Kier molecular flexibility index (Phi) is 6.86. The van der Waals surface area contributed by atoms with E-state index in [1.807, 2.05) is 32.0 Å². The van der Waals surface area contributed by atoms with E-state index >= 15 is 0 Å². The summed E-state index contributed by atoms with van der Waals surface area (Å²) in [6.07, 6.45) is 1.70. The molecular formula is C30H29NO6. The third kappa shape index (κ3) is 4.65. The van der Waals surface area contributed by atoms with Gasteiger partial charge in [0.1, 0.15) is 23.0 Å². The van der Waals surface area contributed by atoms with Crippen LogP contribution >= 0.6 is 0 Å². The van der Waals surface area contributed by atoms with Gasteiger partial charge in [-0.15, -0.1) is 0 Å². The maximum Gasteiger partial charge on any atom is 0.300 e. The zero-order chi connectivity index (χ0) is 25.9. The summed E-state index contributed by atoms with van der Waals surface area (Å²) in [5.41, 5.74) is 2.65. The van der Waals surface area contributed by atoms with Gasteiger partial charge in [0.05, 0.1) is 31.4 Å². The van der Waals surface area contributed by atoms with Crippen LogP contribution in [0.1, 0.15) is 43.0 Å². The number of amides is 1. The second-order valence-corrected chi connectivity index (χ2v) is 8.88. The van der Waals surface area contributed by atoms with E-state index < -0.39 is 17.7 Å². The number of rotatable bonds is 7. The first-order chi connectivity index (χ1) is 18.0. The summed E-state index contributed by atoms with van der Waals surface area (Å²) in [7, 11) is 0. The van der Waals surface area contributed by atoms with Gasteiger partial charge in [-0.3, -0.25) is 14.5 Å². The minimum atomic E-state index is -0.833. The van der Waals surface area contributed by atoms with Crippen LogP contribution in [-0.4, -0.2) is 36.6 Å². The summed E-state index contributed by atoms with van der Waals surface area (Å²) in [6, 6.07) is 18.8. The number of hydrogen-bond acceptors (Lipinski definition) is 6. The molecule has 1 fully saturated rings. The van der Waals surface area contributed by atoms with Gasteiger partial charge < -0.3 is 19.3 Å². The van der Waals surface area contributed by atoms with Crippen LogP contribution in [0, 0.1) is 0 Å². The molecule has 3 aromatic carbocycles. The number of anilines is 1. The van der Waals surface area contributed by atoms with Crippen LogP contribution in [0.25, 0.3) is 5.76 Å². The lowest BCUT2D eigenvalue weighted by molar-refractivity contribution is -0.132. The van der Waals surface area contributed by atoms with E-state index in [0.29, 0.717) is 48.1 Å². The summed E-state index contributed by atoms with van der Waals surface area (Å²) in [6.45, 7) is 5.42. The quantitative estimate of drug-likeness (QED) is 0.265. The van der Waals surface area contributed by atoms with Crippen molar-refractivity contribution in [1.29, 1.82) is 0 Å². The van der Waals surface area contributed by atoms with Gasteiger partial charge in [-0.2, -0.15) is 0 Å². The average Bonchev–Trinajstić information content (AvgIpc) is 3.19. The Morgan fingerprint density at radius 3 is 2.49 bits per heavy atom. The number of nitrogens with zero attached hydrogens (tertiary/aromatic N) is 1. The molecule has 37 heavy (non-hydrogen) atoms. The van der Waals surface area contributed by atoms with E-state index in [9.17, 15) is 14.7 Å². The first-order valence-corrected chi connectivity index (χ1v) is 12.5. The Bertz CT molecular complexity index is 1360. The molecule has 1 unspecified atom stereocenters. The van der Waals surface area contributed by atoms with E-state index in [-0.39, 0.29) is 11.3 Å². The molecule has 190 valence electrons. The van der Waals surface area contributed by atoms with Gasteiger partial charge in [0.2, 0.25) is 0 Å². The highest BCUT2D eigenvalue weighted by Gasteiger charge is 2.47. The maximum atomic E-state index is 13.5. The molecule has 1 saturated heterocycles. The number of carbonyl (C=O) groups excluding carboxylic acids is 2. The van der Waals surface area contributed by atoms with Gasteiger partial charge in [0.25, 0.3) is 11.7 Å². The molecule has 2 aliphatic heterocycles. The Labute approximate surface area is 215 Å². The number of aryl methyl sites for hydroxylation is 1. The summed E-state index contributed by atoms with van der Waals surface area (Å²) >= 11 is 0. The van der Waals surface area contributed by atoms with Crippen molar-refractivity contribution in [3.63, 3.8) is 0 Å². The molecule has 7 nitrogen and oxygen atoms in total. The molecule has 5 rings (SSSR count).